The zero-order chi connectivity index (χ0) is 23.0. The summed E-state index contributed by atoms with van der Waals surface area (Å²) in [7, 11) is -3.86. The molecule has 11 heteroatoms. The molecule has 3 heterocycles. The number of aromatic nitrogens is 3. The van der Waals surface area contributed by atoms with Crippen molar-refractivity contribution in [3.05, 3.63) is 76.6 Å². The van der Waals surface area contributed by atoms with Gasteiger partial charge in [-0.1, -0.05) is 35.6 Å². The van der Waals surface area contributed by atoms with Crippen molar-refractivity contribution in [3.8, 4) is 0 Å². The van der Waals surface area contributed by atoms with Crippen LogP contribution in [0.25, 0.3) is 10.9 Å². The van der Waals surface area contributed by atoms with Crippen molar-refractivity contribution in [3.63, 3.8) is 0 Å². The molecule has 0 saturated carbocycles. The maximum absolute atomic E-state index is 13.6. The highest BCUT2D eigenvalue weighted by Gasteiger charge is 2.39. The maximum Gasteiger partial charge on any atom is 0.286 e. The third kappa shape index (κ3) is 4.10. The molecular formula is C22H18FN5O3S2. The van der Waals surface area contributed by atoms with Gasteiger partial charge in [-0.25, -0.2) is 12.8 Å². The Bertz CT molecular complexity index is 1450. The molecule has 1 aliphatic heterocycles. The van der Waals surface area contributed by atoms with Crippen LogP contribution in [-0.2, 0) is 10.0 Å². The maximum atomic E-state index is 13.6. The summed E-state index contributed by atoms with van der Waals surface area (Å²) in [6.45, 7) is 0.334. The Morgan fingerprint density at radius 3 is 2.79 bits per heavy atom. The third-order valence-corrected chi connectivity index (χ3v) is 8.35. The van der Waals surface area contributed by atoms with E-state index in [9.17, 15) is 17.6 Å². The van der Waals surface area contributed by atoms with Crippen LogP contribution in [0.2, 0.25) is 0 Å². The smallest absolute Gasteiger partial charge is 0.286 e. The zero-order valence-corrected chi connectivity index (χ0v) is 18.8. The van der Waals surface area contributed by atoms with Gasteiger partial charge >= 0.3 is 0 Å². The number of halogens is 1. The number of para-hydroxylation sites is 1. The first-order valence-corrected chi connectivity index (χ1v) is 12.4. The highest BCUT2D eigenvalue weighted by molar-refractivity contribution is 7.89. The van der Waals surface area contributed by atoms with Gasteiger partial charge in [0.25, 0.3) is 5.91 Å². The molecule has 1 N–H and O–H groups in total. The number of sulfonamides is 1. The van der Waals surface area contributed by atoms with Crippen molar-refractivity contribution < 1.29 is 17.6 Å². The van der Waals surface area contributed by atoms with E-state index in [2.05, 4.69) is 20.5 Å². The van der Waals surface area contributed by atoms with Crippen molar-refractivity contribution >= 4 is 43.9 Å². The first-order valence-electron chi connectivity index (χ1n) is 10.2. The summed E-state index contributed by atoms with van der Waals surface area (Å²) in [5.74, 6) is -1.00. The van der Waals surface area contributed by atoms with E-state index in [1.165, 1.54) is 22.5 Å². The molecule has 1 aliphatic rings. The van der Waals surface area contributed by atoms with Gasteiger partial charge in [0.05, 0.1) is 11.6 Å². The Balaban J connectivity index is 1.42. The lowest BCUT2D eigenvalue weighted by Crippen LogP contribution is -2.31. The molecule has 0 aliphatic carbocycles. The van der Waals surface area contributed by atoms with Crippen molar-refractivity contribution in [2.45, 2.75) is 23.8 Å². The topological polar surface area (TPSA) is 105 Å². The lowest BCUT2D eigenvalue weighted by Gasteiger charge is -2.22. The van der Waals surface area contributed by atoms with Crippen LogP contribution in [0, 0.1) is 5.82 Å². The lowest BCUT2D eigenvalue weighted by atomic mass is 10.2. The molecule has 4 aromatic rings. The van der Waals surface area contributed by atoms with Crippen LogP contribution in [-0.4, -0.2) is 40.4 Å². The molecule has 168 valence electrons. The SMILES string of the molecule is O=C(Nc1cccc(F)c1)c1nnc([C@H]2CCCN2S(=O)(=O)c2cccc3cccnc23)s1. The number of fused-ring (bicyclic) bond motifs is 1. The summed E-state index contributed by atoms with van der Waals surface area (Å²) in [6, 6.07) is 13.6. The van der Waals surface area contributed by atoms with E-state index >= 15 is 0 Å². The Kier molecular flexibility index (Phi) is 5.60. The highest BCUT2D eigenvalue weighted by atomic mass is 32.2. The number of carbonyl (C=O) groups excluding carboxylic acids is 1. The van der Waals surface area contributed by atoms with E-state index in [-0.39, 0.29) is 9.90 Å². The summed E-state index contributed by atoms with van der Waals surface area (Å²) in [4.78, 5) is 17.0. The number of hydrogen-bond acceptors (Lipinski definition) is 7. The van der Waals surface area contributed by atoms with Gasteiger partial charge in [-0.15, -0.1) is 10.2 Å². The number of benzene rings is 2. The Labute approximate surface area is 193 Å². The number of amides is 1. The fraction of sp³-hybridized carbons (Fsp3) is 0.182. The quantitative estimate of drug-likeness (QED) is 0.460. The molecule has 8 nitrogen and oxygen atoms in total. The summed E-state index contributed by atoms with van der Waals surface area (Å²) in [6.07, 6.45) is 2.79. The average Bonchev–Trinajstić information content (AvgIpc) is 3.49. The Hall–Kier alpha value is -3.28. The zero-order valence-electron chi connectivity index (χ0n) is 17.2. The fourth-order valence-electron chi connectivity index (χ4n) is 3.90. The minimum absolute atomic E-state index is 0.0744. The van der Waals surface area contributed by atoms with Gasteiger partial charge in [0.2, 0.25) is 15.0 Å². The summed E-state index contributed by atoms with van der Waals surface area (Å²) in [5, 5.41) is 11.9. The second-order valence-electron chi connectivity index (χ2n) is 7.51. The van der Waals surface area contributed by atoms with Crippen LogP contribution in [0.3, 0.4) is 0 Å². The lowest BCUT2D eigenvalue weighted by molar-refractivity contribution is 0.102. The van der Waals surface area contributed by atoms with Crippen LogP contribution in [0.1, 0.15) is 33.7 Å². The third-order valence-electron chi connectivity index (χ3n) is 5.39. The molecule has 1 atom stereocenters. The largest absolute Gasteiger partial charge is 0.320 e. The molecule has 2 aromatic carbocycles. The van der Waals surface area contributed by atoms with Gasteiger partial charge in [-0.2, -0.15) is 4.31 Å². The molecule has 0 radical (unpaired) electrons. The number of rotatable bonds is 5. The second kappa shape index (κ2) is 8.58. The van der Waals surface area contributed by atoms with E-state index in [0.717, 1.165) is 16.7 Å². The van der Waals surface area contributed by atoms with E-state index < -0.39 is 27.8 Å². The number of nitrogens with one attached hydrogen (secondary N) is 1. The normalized spacial score (nSPS) is 16.8. The fourth-order valence-corrected chi connectivity index (χ4v) is 6.68. The Morgan fingerprint density at radius 1 is 1.12 bits per heavy atom. The monoisotopic (exact) mass is 483 g/mol. The molecular weight excluding hydrogens is 465 g/mol. The van der Waals surface area contributed by atoms with Crippen molar-refractivity contribution in [1.82, 2.24) is 19.5 Å². The van der Waals surface area contributed by atoms with Crippen LogP contribution >= 0.6 is 11.3 Å². The second-order valence-corrected chi connectivity index (χ2v) is 10.4. The van der Waals surface area contributed by atoms with Crippen LogP contribution < -0.4 is 5.32 Å². The van der Waals surface area contributed by atoms with Gasteiger partial charge in [-0.05, 0) is 43.2 Å². The van der Waals surface area contributed by atoms with Crippen LogP contribution in [0.15, 0.2) is 65.7 Å². The van der Waals surface area contributed by atoms with Crippen LogP contribution in [0.4, 0.5) is 10.1 Å². The molecule has 1 fully saturated rings. The molecule has 1 saturated heterocycles. The number of pyridine rings is 1. The molecule has 33 heavy (non-hydrogen) atoms. The number of anilines is 1. The molecule has 0 unspecified atom stereocenters. The van der Waals surface area contributed by atoms with Gasteiger partial charge in [0, 0.05) is 23.8 Å². The molecule has 2 aromatic heterocycles. The Morgan fingerprint density at radius 2 is 1.94 bits per heavy atom. The number of hydrogen-bond donors (Lipinski definition) is 1. The summed E-state index contributed by atoms with van der Waals surface area (Å²) in [5.41, 5.74) is 0.711. The summed E-state index contributed by atoms with van der Waals surface area (Å²) < 4.78 is 41.9. The average molecular weight is 484 g/mol. The number of carbonyl (C=O) groups is 1. The van der Waals surface area contributed by atoms with Crippen molar-refractivity contribution in [2.24, 2.45) is 0 Å². The van der Waals surface area contributed by atoms with Crippen molar-refractivity contribution in [2.75, 3.05) is 11.9 Å². The molecule has 5 rings (SSSR count). The molecule has 0 spiro atoms. The number of nitrogens with zero attached hydrogens (tertiary/aromatic N) is 4. The van der Waals surface area contributed by atoms with E-state index in [1.807, 2.05) is 12.1 Å². The van der Waals surface area contributed by atoms with Crippen LogP contribution in [0.5, 0.6) is 0 Å². The van der Waals surface area contributed by atoms with Gasteiger partial charge in [-0.3, -0.25) is 9.78 Å². The minimum atomic E-state index is -3.86. The highest BCUT2D eigenvalue weighted by Crippen LogP contribution is 2.38. The van der Waals surface area contributed by atoms with Gasteiger partial charge in [0.1, 0.15) is 15.7 Å². The standard InChI is InChI=1S/C22H18FN5O3S2/c23-15-7-2-8-16(13-15)25-20(29)22-27-26-21(32-22)17-9-4-12-28(17)33(30,31)18-10-1-5-14-6-3-11-24-19(14)18/h1-3,5-8,10-11,13,17H,4,9,12H2,(H,25,29)/t17-/m1/s1. The first-order chi connectivity index (χ1) is 15.9. The summed E-state index contributed by atoms with van der Waals surface area (Å²) >= 11 is 1.03. The van der Waals surface area contributed by atoms with Gasteiger partial charge in [0.15, 0.2) is 0 Å². The predicted molar refractivity (Wildman–Crippen MR) is 122 cm³/mol. The minimum Gasteiger partial charge on any atom is -0.320 e. The van der Waals surface area contributed by atoms with E-state index in [0.29, 0.717) is 35.6 Å². The van der Waals surface area contributed by atoms with Gasteiger partial charge < -0.3 is 5.32 Å². The molecule has 0 bridgehead atoms. The van der Waals surface area contributed by atoms with E-state index in [1.54, 1.807) is 30.5 Å². The first kappa shape index (κ1) is 21.6. The molecule has 1 amide bonds. The van der Waals surface area contributed by atoms with E-state index in [4.69, 9.17) is 0 Å². The van der Waals surface area contributed by atoms with Crippen molar-refractivity contribution in [1.29, 1.82) is 0 Å². The predicted octanol–water partition coefficient (Wildman–Crippen LogP) is 4.00.